The monoisotopic (exact) mass is 448 g/mol. The summed E-state index contributed by atoms with van der Waals surface area (Å²) in [6.07, 6.45) is 0.705. The number of nitrogens with zero attached hydrogens (tertiary/aromatic N) is 1. The quantitative estimate of drug-likeness (QED) is 0.612. The molecule has 0 saturated carbocycles. The molecule has 0 fully saturated rings. The van der Waals surface area contributed by atoms with Crippen LogP contribution in [0.25, 0.3) is 0 Å². The highest BCUT2D eigenvalue weighted by Gasteiger charge is 2.37. The van der Waals surface area contributed by atoms with Crippen molar-refractivity contribution in [1.82, 2.24) is 9.62 Å². The molecule has 5 nitrogen and oxygen atoms in total. The van der Waals surface area contributed by atoms with E-state index in [0.717, 1.165) is 27.8 Å². The van der Waals surface area contributed by atoms with E-state index in [1.54, 1.807) is 24.3 Å². The standard InChI is InChI=1S/C26H28N2O3S/c1-19-7-11-21(12-8-19)18-27-26(29)17-25-24-6-4-3-5-22(24)15-16-28(25)32(30,31)23-13-9-20(2)10-14-23/h3-14,25H,15-18H2,1-2H3,(H,27,29)/t25-/m1/s1. The van der Waals surface area contributed by atoms with Crippen molar-refractivity contribution in [3.63, 3.8) is 0 Å². The van der Waals surface area contributed by atoms with Gasteiger partial charge in [-0.2, -0.15) is 4.31 Å². The molecule has 1 aliphatic rings. The third-order valence-corrected chi connectivity index (χ3v) is 7.90. The molecule has 0 aliphatic carbocycles. The average molecular weight is 449 g/mol. The Kier molecular flexibility index (Phi) is 6.44. The number of fused-ring (bicyclic) bond motifs is 1. The Balaban J connectivity index is 1.58. The summed E-state index contributed by atoms with van der Waals surface area (Å²) in [6, 6.07) is 22.1. The Morgan fingerprint density at radius 2 is 1.56 bits per heavy atom. The lowest BCUT2D eigenvalue weighted by atomic mass is 9.92. The fourth-order valence-electron chi connectivity index (χ4n) is 4.13. The number of nitrogens with one attached hydrogen (secondary N) is 1. The maximum Gasteiger partial charge on any atom is 0.243 e. The van der Waals surface area contributed by atoms with E-state index in [1.165, 1.54) is 4.31 Å². The van der Waals surface area contributed by atoms with E-state index in [-0.39, 0.29) is 17.2 Å². The summed E-state index contributed by atoms with van der Waals surface area (Å²) < 4.78 is 28.5. The molecule has 4 rings (SSSR count). The van der Waals surface area contributed by atoms with Gasteiger partial charge in [-0.05, 0) is 49.1 Å². The molecule has 0 spiro atoms. The first-order valence-electron chi connectivity index (χ1n) is 10.8. The predicted molar refractivity (Wildman–Crippen MR) is 126 cm³/mol. The van der Waals surface area contributed by atoms with E-state index in [1.807, 2.05) is 62.4 Å². The summed E-state index contributed by atoms with van der Waals surface area (Å²) in [5.41, 5.74) is 5.17. The van der Waals surface area contributed by atoms with Gasteiger partial charge in [0.05, 0.1) is 10.9 Å². The van der Waals surface area contributed by atoms with E-state index >= 15 is 0 Å². The van der Waals surface area contributed by atoms with Gasteiger partial charge >= 0.3 is 0 Å². The minimum absolute atomic E-state index is 0.0773. The van der Waals surface area contributed by atoms with Gasteiger partial charge < -0.3 is 5.32 Å². The number of carbonyl (C=O) groups excluding carboxylic acids is 1. The van der Waals surface area contributed by atoms with Crippen LogP contribution in [0, 0.1) is 13.8 Å². The first-order valence-corrected chi connectivity index (χ1v) is 12.3. The Bertz CT molecular complexity index is 1200. The largest absolute Gasteiger partial charge is 0.352 e. The van der Waals surface area contributed by atoms with Gasteiger partial charge in [-0.3, -0.25) is 4.79 Å². The van der Waals surface area contributed by atoms with Crippen LogP contribution in [0.3, 0.4) is 0 Å². The van der Waals surface area contributed by atoms with Gasteiger partial charge in [-0.25, -0.2) is 8.42 Å². The summed E-state index contributed by atoms with van der Waals surface area (Å²) in [5, 5.41) is 2.96. The van der Waals surface area contributed by atoms with Crippen molar-refractivity contribution < 1.29 is 13.2 Å². The molecule has 166 valence electrons. The van der Waals surface area contributed by atoms with Crippen molar-refractivity contribution in [2.45, 2.75) is 44.2 Å². The van der Waals surface area contributed by atoms with Gasteiger partial charge in [-0.1, -0.05) is 71.8 Å². The second-order valence-corrected chi connectivity index (χ2v) is 10.3. The van der Waals surface area contributed by atoms with Crippen molar-refractivity contribution in [1.29, 1.82) is 0 Å². The molecule has 3 aromatic rings. The van der Waals surface area contributed by atoms with Gasteiger partial charge in [-0.15, -0.1) is 0 Å². The number of sulfonamides is 1. The highest BCUT2D eigenvalue weighted by Crippen LogP contribution is 2.36. The predicted octanol–water partition coefficient (Wildman–Crippen LogP) is 4.30. The zero-order valence-corrected chi connectivity index (χ0v) is 19.2. The second kappa shape index (κ2) is 9.27. The molecule has 6 heteroatoms. The molecule has 0 aromatic heterocycles. The Labute approximate surface area is 190 Å². The van der Waals surface area contributed by atoms with Crippen LogP contribution < -0.4 is 5.32 Å². The number of hydrogen-bond acceptors (Lipinski definition) is 3. The van der Waals surface area contributed by atoms with Crippen LogP contribution in [-0.2, 0) is 27.8 Å². The molecule has 1 N–H and O–H groups in total. The third kappa shape index (κ3) is 4.76. The Hall–Kier alpha value is -2.96. The summed E-state index contributed by atoms with van der Waals surface area (Å²) in [7, 11) is -3.73. The van der Waals surface area contributed by atoms with Crippen molar-refractivity contribution in [3.8, 4) is 0 Å². The van der Waals surface area contributed by atoms with Crippen molar-refractivity contribution in [3.05, 3.63) is 101 Å². The van der Waals surface area contributed by atoms with Crippen molar-refractivity contribution in [2.75, 3.05) is 6.54 Å². The molecular weight excluding hydrogens is 420 g/mol. The summed E-state index contributed by atoms with van der Waals surface area (Å²) >= 11 is 0. The Morgan fingerprint density at radius 1 is 0.938 bits per heavy atom. The van der Waals surface area contributed by atoms with Gasteiger partial charge in [0.25, 0.3) is 0 Å². The average Bonchev–Trinajstić information content (AvgIpc) is 2.79. The zero-order valence-electron chi connectivity index (χ0n) is 18.4. The van der Waals surface area contributed by atoms with E-state index in [4.69, 9.17) is 0 Å². The van der Waals surface area contributed by atoms with Gasteiger partial charge in [0.15, 0.2) is 0 Å². The fraction of sp³-hybridized carbons (Fsp3) is 0.269. The molecule has 0 unspecified atom stereocenters. The van der Waals surface area contributed by atoms with Crippen molar-refractivity contribution in [2.24, 2.45) is 0 Å². The second-order valence-electron chi connectivity index (χ2n) is 8.36. The van der Waals surface area contributed by atoms with Crippen LogP contribution in [0.15, 0.2) is 77.7 Å². The van der Waals surface area contributed by atoms with Crippen LogP contribution in [0.5, 0.6) is 0 Å². The molecule has 1 aliphatic heterocycles. The lowest BCUT2D eigenvalue weighted by molar-refractivity contribution is -0.122. The van der Waals surface area contributed by atoms with E-state index in [2.05, 4.69) is 5.32 Å². The van der Waals surface area contributed by atoms with E-state index in [0.29, 0.717) is 19.5 Å². The minimum atomic E-state index is -3.73. The molecular formula is C26H28N2O3S. The third-order valence-electron chi connectivity index (χ3n) is 5.98. The maximum absolute atomic E-state index is 13.5. The number of aryl methyl sites for hydroxylation is 2. The number of benzene rings is 3. The lowest BCUT2D eigenvalue weighted by Crippen LogP contribution is -2.42. The number of rotatable bonds is 6. The number of amides is 1. The maximum atomic E-state index is 13.5. The topological polar surface area (TPSA) is 66.5 Å². The Morgan fingerprint density at radius 3 is 2.25 bits per heavy atom. The van der Waals surface area contributed by atoms with Crippen molar-refractivity contribution >= 4 is 15.9 Å². The van der Waals surface area contributed by atoms with Crippen LogP contribution in [0.1, 0.15) is 40.3 Å². The van der Waals surface area contributed by atoms with Gasteiger partial charge in [0, 0.05) is 19.5 Å². The fourth-order valence-corrected chi connectivity index (χ4v) is 5.73. The molecule has 1 heterocycles. The molecule has 1 amide bonds. The van der Waals surface area contributed by atoms with Crippen LogP contribution >= 0.6 is 0 Å². The molecule has 0 radical (unpaired) electrons. The summed E-state index contributed by atoms with van der Waals surface area (Å²) in [6.45, 7) is 4.71. The normalized spacial score (nSPS) is 16.4. The summed E-state index contributed by atoms with van der Waals surface area (Å²) in [5.74, 6) is -0.170. The SMILES string of the molecule is Cc1ccc(CNC(=O)C[C@@H]2c3ccccc3CCN2S(=O)(=O)c2ccc(C)cc2)cc1. The molecule has 0 saturated heterocycles. The van der Waals surface area contributed by atoms with E-state index in [9.17, 15) is 13.2 Å². The zero-order chi connectivity index (χ0) is 22.7. The highest BCUT2D eigenvalue weighted by molar-refractivity contribution is 7.89. The van der Waals surface area contributed by atoms with Crippen LogP contribution in [0.4, 0.5) is 0 Å². The molecule has 3 aromatic carbocycles. The van der Waals surface area contributed by atoms with Gasteiger partial charge in [0.1, 0.15) is 0 Å². The molecule has 32 heavy (non-hydrogen) atoms. The van der Waals surface area contributed by atoms with Crippen LogP contribution in [-0.4, -0.2) is 25.2 Å². The molecule has 1 atom stereocenters. The smallest absolute Gasteiger partial charge is 0.243 e. The molecule has 0 bridgehead atoms. The first kappa shape index (κ1) is 22.2. The minimum Gasteiger partial charge on any atom is -0.352 e. The van der Waals surface area contributed by atoms with Gasteiger partial charge in [0.2, 0.25) is 15.9 Å². The summed E-state index contributed by atoms with van der Waals surface area (Å²) in [4.78, 5) is 13.1. The first-order chi connectivity index (χ1) is 15.3. The lowest BCUT2D eigenvalue weighted by Gasteiger charge is -2.36. The van der Waals surface area contributed by atoms with Crippen LogP contribution in [0.2, 0.25) is 0 Å². The highest BCUT2D eigenvalue weighted by atomic mass is 32.2. The number of hydrogen-bond donors (Lipinski definition) is 1. The number of carbonyl (C=O) groups is 1. The van der Waals surface area contributed by atoms with E-state index < -0.39 is 16.1 Å².